The van der Waals surface area contributed by atoms with Crippen LogP contribution in [0.25, 0.3) is 10.9 Å². The van der Waals surface area contributed by atoms with Crippen LogP contribution in [0, 0.1) is 5.92 Å². The number of carbonyl (C=O) groups is 1. The van der Waals surface area contributed by atoms with E-state index in [1.165, 1.54) is 12.3 Å². The van der Waals surface area contributed by atoms with Crippen LogP contribution in [-0.4, -0.2) is 46.7 Å². The lowest BCUT2D eigenvalue weighted by atomic mass is 9.98. The molecule has 2 aromatic heterocycles. The Morgan fingerprint density at radius 2 is 1.70 bits per heavy atom. The third-order valence-corrected chi connectivity index (χ3v) is 13.1. The van der Waals surface area contributed by atoms with Crippen molar-refractivity contribution in [1.82, 2.24) is 19.4 Å². The Labute approximate surface area is 248 Å². The van der Waals surface area contributed by atoms with E-state index >= 15 is 0 Å². The monoisotopic (exact) mass is 620 g/mol. The maximum absolute atomic E-state index is 14.3. The molecule has 3 aromatic rings. The molecule has 0 bridgehead atoms. The van der Waals surface area contributed by atoms with Crippen molar-refractivity contribution in [2.45, 2.75) is 96.0 Å². The van der Waals surface area contributed by atoms with Crippen LogP contribution in [0.3, 0.4) is 0 Å². The largest absolute Gasteiger partial charge is 0.415 e. The van der Waals surface area contributed by atoms with Crippen LogP contribution < -0.4 is 22.1 Å². The Kier molecular flexibility index (Phi) is 8.73. The number of pyridine rings is 1. The van der Waals surface area contributed by atoms with Crippen molar-refractivity contribution in [3.8, 4) is 0 Å². The fourth-order valence-electron chi connectivity index (χ4n) is 5.03. The molecule has 1 fully saturated rings. The minimum absolute atomic E-state index is 0.00318. The summed E-state index contributed by atoms with van der Waals surface area (Å²) in [5.41, 5.74) is -1.44. The number of nitrogens with zero attached hydrogens (tertiary/aromatic N) is 2. The summed E-state index contributed by atoms with van der Waals surface area (Å²) in [5, 5.41) is 1.92. The quantitative estimate of drug-likeness (QED) is 0.338. The molecule has 1 amide bonds. The minimum atomic E-state index is -4.75. The van der Waals surface area contributed by atoms with Gasteiger partial charge in [0.2, 0.25) is 5.91 Å². The SMILES string of the molecule is CC(C)C(NC(=O)Cn1ccc2c(=O)n([C@H]3C[C@@H]3c3ccccc3)c(=O)[nH]c2c1=O)C(O[Si](C)(C)C(C)(C)C)C(F)(F)F. The number of amides is 1. The Balaban J connectivity index is 1.59. The van der Waals surface area contributed by atoms with Gasteiger partial charge in [-0.1, -0.05) is 65.0 Å². The number of halogens is 3. The van der Waals surface area contributed by atoms with E-state index in [1.54, 1.807) is 26.9 Å². The highest BCUT2D eigenvalue weighted by Gasteiger charge is 2.52. The molecule has 2 unspecified atom stereocenters. The molecule has 2 N–H and O–H groups in total. The minimum Gasteiger partial charge on any atom is -0.404 e. The van der Waals surface area contributed by atoms with E-state index in [1.807, 2.05) is 51.1 Å². The maximum atomic E-state index is 14.3. The lowest BCUT2D eigenvalue weighted by molar-refractivity contribution is -0.210. The second-order valence-electron chi connectivity index (χ2n) is 13.1. The fourth-order valence-corrected chi connectivity index (χ4v) is 6.30. The summed E-state index contributed by atoms with van der Waals surface area (Å²) in [6.07, 6.45) is -5.17. The average molecular weight is 621 g/mol. The smallest absolute Gasteiger partial charge is 0.404 e. The van der Waals surface area contributed by atoms with E-state index in [9.17, 15) is 32.3 Å². The number of alkyl halides is 3. The first kappa shape index (κ1) is 32.5. The van der Waals surface area contributed by atoms with Gasteiger partial charge in [0.1, 0.15) is 12.1 Å². The first-order valence-corrected chi connectivity index (χ1v) is 17.2. The van der Waals surface area contributed by atoms with E-state index in [2.05, 4.69) is 10.3 Å². The maximum Gasteiger partial charge on any atom is 0.415 e. The van der Waals surface area contributed by atoms with Crippen molar-refractivity contribution < 1.29 is 22.4 Å². The third kappa shape index (κ3) is 6.72. The highest BCUT2D eigenvalue weighted by molar-refractivity contribution is 6.74. The molecule has 1 saturated carbocycles. The van der Waals surface area contributed by atoms with Crippen LogP contribution in [0.1, 0.15) is 58.6 Å². The van der Waals surface area contributed by atoms with Gasteiger partial charge in [-0.15, -0.1) is 0 Å². The van der Waals surface area contributed by atoms with Gasteiger partial charge in [-0.3, -0.25) is 19.0 Å². The molecular weight excluding hydrogens is 581 g/mol. The Morgan fingerprint density at radius 1 is 1.07 bits per heavy atom. The van der Waals surface area contributed by atoms with Gasteiger partial charge >= 0.3 is 11.9 Å². The summed E-state index contributed by atoms with van der Waals surface area (Å²) >= 11 is 0. The van der Waals surface area contributed by atoms with Crippen LogP contribution in [0.2, 0.25) is 18.1 Å². The zero-order valence-electron chi connectivity index (χ0n) is 25.4. The van der Waals surface area contributed by atoms with Crippen molar-refractivity contribution in [1.29, 1.82) is 0 Å². The number of aromatic amines is 1. The summed E-state index contributed by atoms with van der Waals surface area (Å²) in [4.78, 5) is 55.0. The number of fused-ring (bicyclic) bond motifs is 1. The summed E-state index contributed by atoms with van der Waals surface area (Å²) in [6, 6.07) is 9.05. The summed E-state index contributed by atoms with van der Waals surface area (Å²) in [6.45, 7) is 11.4. The van der Waals surface area contributed by atoms with Gasteiger partial charge in [0, 0.05) is 18.2 Å². The molecule has 234 valence electrons. The van der Waals surface area contributed by atoms with Gasteiger partial charge < -0.3 is 19.3 Å². The molecular formula is C30H39F3N4O5Si. The van der Waals surface area contributed by atoms with Crippen LogP contribution in [0.5, 0.6) is 0 Å². The number of H-pyrrole nitrogens is 1. The normalized spacial score (nSPS) is 19.0. The zero-order valence-corrected chi connectivity index (χ0v) is 26.4. The van der Waals surface area contributed by atoms with Gasteiger partial charge in [-0.2, -0.15) is 13.2 Å². The number of benzene rings is 1. The Morgan fingerprint density at radius 3 is 2.26 bits per heavy atom. The van der Waals surface area contributed by atoms with Crippen molar-refractivity contribution >= 4 is 25.1 Å². The van der Waals surface area contributed by atoms with Crippen LogP contribution in [0.15, 0.2) is 57.0 Å². The summed E-state index contributed by atoms with van der Waals surface area (Å²) in [7, 11) is -2.89. The van der Waals surface area contributed by atoms with E-state index in [-0.39, 0.29) is 22.9 Å². The molecule has 0 radical (unpaired) electrons. The van der Waals surface area contributed by atoms with E-state index < -0.39 is 66.9 Å². The Hall–Kier alpha value is -3.45. The highest BCUT2D eigenvalue weighted by Crippen LogP contribution is 2.50. The molecule has 0 aliphatic heterocycles. The van der Waals surface area contributed by atoms with Crippen LogP contribution in [-0.2, 0) is 15.8 Å². The first-order chi connectivity index (χ1) is 19.8. The molecule has 43 heavy (non-hydrogen) atoms. The van der Waals surface area contributed by atoms with Crippen molar-refractivity contribution in [3.05, 3.63) is 79.4 Å². The van der Waals surface area contributed by atoms with Crippen molar-refractivity contribution in [2.75, 3.05) is 0 Å². The average Bonchev–Trinajstić information content (AvgIpc) is 3.67. The van der Waals surface area contributed by atoms with Crippen LogP contribution in [0.4, 0.5) is 13.2 Å². The van der Waals surface area contributed by atoms with Crippen molar-refractivity contribution in [2.24, 2.45) is 5.92 Å². The molecule has 4 atom stereocenters. The molecule has 0 saturated heterocycles. The number of carbonyl (C=O) groups excluding carboxylic acids is 1. The fraction of sp³-hybridized carbons (Fsp3) is 0.533. The topological polar surface area (TPSA) is 115 Å². The molecule has 9 nitrogen and oxygen atoms in total. The number of hydrogen-bond donors (Lipinski definition) is 2. The van der Waals surface area contributed by atoms with Crippen LogP contribution >= 0.6 is 0 Å². The molecule has 4 rings (SSSR count). The number of aromatic nitrogens is 3. The van der Waals surface area contributed by atoms with Gasteiger partial charge in [0.25, 0.3) is 11.1 Å². The molecule has 0 spiro atoms. The van der Waals surface area contributed by atoms with E-state index in [4.69, 9.17) is 4.43 Å². The van der Waals surface area contributed by atoms with Gasteiger partial charge in [-0.25, -0.2) is 4.79 Å². The lowest BCUT2D eigenvalue weighted by Crippen LogP contribution is -2.59. The number of hydrogen-bond acceptors (Lipinski definition) is 5. The molecule has 1 aliphatic carbocycles. The first-order valence-electron chi connectivity index (χ1n) is 14.3. The van der Waals surface area contributed by atoms with E-state index in [0.717, 1.165) is 14.7 Å². The summed E-state index contributed by atoms with van der Waals surface area (Å²) < 4.78 is 50.7. The van der Waals surface area contributed by atoms with Crippen molar-refractivity contribution in [3.63, 3.8) is 0 Å². The predicted octanol–water partition coefficient (Wildman–Crippen LogP) is 4.67. The zero-order chi connectivity index (χ0) is 32.1. The number of rotatable bonds is 9. The van der Waals surface area contributed by atoms with Gasteiger partial charge in [-0.05, 0) is 42.1 Å². The third-order valence-electron chi connectivity index (χ3n) is 8.62. The highest BCUT2D eigenvalue weighted by atomic mass is 28.4. The second-order valence-corrected chi connectivity index (χ2v) is 17.9. The lowest BCUT2D eigenvalue weighted by Gasteiger charge is -2.42. The van der Waals surface area contributed by atoms with E-state index in [0.29, 0.717) is 6.42 Å². The standard InChI is InChI=1S/C30H39F3N4O5Si/c1-17(2)23(25(30(31,32)33)42-43(6,7)29(3,4)5)34-22(38)16-36-14-13-19-24(27(36)40)35-28(41)37(26(19)39)21-15-20(21)18-11-9-8-10-12-18/h8-14,17,20-21,23,25H,15-16H2,1-7H3,(H,34,38)(H,35,41)/t20-,21+,23?,25?/m1/s1. The summed E-state index contributed by atoms with van der Waals surface area (Å²) in [5.74, 6) is -1.49. The molecule has 1 aliphatic rings. The Bertz CT molecular complexity index is 1670. The second kappa shape index (κ2) is 11.6. The molecule has 13 heteroatoms. The number of nitrogens with one attached hydrogen (secondary N) is 2. The van der Waals surface area contributed by atoms with Gasteiger partial charge in [0.05, 0.1) is 11.4 Å². The molecule has 2 heterocycles. The predicted molar refractivity (Wildman–Crippen MR) is 161 cm³/mol. The molecule has 1 aromatic carbocycles. The van der Waals surface area contributed by atoms with Gasteiger partial charge in [0.15, 0.2) is 14.4 Å².